The Kier molecular flexibility index (Phi) is 6.46. The molecule has 2 fully saturated rings. The number of amides is 1. The Hall–Kier alpha value is -1.17. The number of carbonyl (C=O) groups excluding carboxylic acids is 1. The van der Waals surface area contributed by atoms with Crippen LogP contribution in [0.4, 0.5) is 0 Å². The van der Waals surface area contributed by atoms with Gasteiger partial charge in [0.2, 0.25) is 0 Å². The second-order valence-electron chi connectivity index (χ2n) is 6.01. The number of carbonyl (C=O) groups is 2. The number of carboxylic acids is 1. The van der Waals surface area contributed by atoms with Crippen molar-refractivity contribution in [3.8, 4) is 0 Å². The van der Waals surface area contributed by atoms with E-state index in [-0.39, 0.29) is 23.0 Å². The number of hydrogen-bond acceptors (Lipinski definition) is 7. The van der Waals surface area contributed by atoms with Gasteiger partial charge in [-0.15, -0.1) is 22.0 Å². The first-order chi connectivity index (χ1) is 11.6. The van der Waals surface area contributed by atoms with Crippen molar-refractivity contribution in [2.75, 3.05) is 5.75 Å². The number of hydrogen-bond donors (Lipinski definition) is 2. The largest absolute Gasteiger partial charge is 0.477 e. The van der Waals surface area contributed by atoms with Gasteiger partial charge in [0.05, 0.1) is 0 Å². The molecule has 25 heavy (non-hydrogen) atoms. The maximum absolute atomic E-state index is 12.3. The van der Waals surface area contributed by atoms with Gasteiger partial charge in [-0.1, -0.05) is 6.42 Å². The van der Waals surface area contributed by atoms with Crippen LogP contribution in [0, 0.1) is 10.2 Å². The third kappa shape index (κ3) is 5.16. The second-order valence-corrected chi connectivity index (χ2v) is 7.87. The summed E-state index contributed by atoms with van der Waals surface area (Å²) < 4.78 is 34.0. The topological polar surface area (TPSA) is 164 Å². The van der Waals surface area contributed by atoms with Gasteiger partial charge in [0.25, 0.3) is 11.9 Å². The van der Waals surface area contributed by atoms with Crippen LogP contribution in [-0.4, -0.2) is 44.8 Å². The first kappa shape index (κ1) is 20.1. The van der Waals surface area contributed by atoms with E-state index in [1.165, 1.54) is 29.9 Å². The molecule has 2 aliphatic heterocycles. The zero-order chi connectivity index (χ0) is 18.8. The molecule has 0 spiro atoms. The summed E-state index contributed by atoms with van der Waals surface area (Å²) in [7, 11) is -4.94. The molecule has 140 valence electrons. The molecule has 3 rings (SSSR count). The molecular formula is C14H19ClN2O7S. The molecule has 1 saturated carbocycles. The lowest BCUT2D eigenvalue weighted by Crippen LogP contribution is -2.93. The van der Waals surface area contributed by atoms with Crippen molar-refractivity contribution in [2.24, 2.45) is 0 Å². The molecule has 0 aromatic heterocycles. The summed E-state index contributed by atoms with van der Waals surface area (Å²) in [5.41, 5.74) is 2.22. The van der Waals surface area contributed by atoms with E-state index in [1.807, 2.05) is 0 Å². The number of rotatable bonds is 2. The van der Waals surface area contributed by atoms with Gasteiger partial charge in [0.1, 0.15) is 5.70 Å². The second kappa shape index (κ2) is 8.02. The minimum atomic E-state index is -4.94. The van der Waals surface area contributed by atoms with Gasteiger partial charge in [-0.05, 0) is 25.3 Å². The number of carboxylic acid groups (broad SMARTS) is 1. The van der Waals surface area contributed by atoms with Crippen LogP contribution >= 0.6 is 11.8 Å². The predicted molar refractivity (Wildman–Crippen MR) is 76.3 cm³/mol. The Morgan fingerprint density at radius 1 is 1.24 bits per heavy atom. The fourth-order valence-corrected chi connectivity index (χ4v) is 4.41. The van der Waals surface area contributed by atoms with Gasteiger partial charge in [-0.2, -0.15) is 0 Å². The van der Waals surface area contributed by atoms with E-state index >= 15 is 0 Å². The Bertz CT molecular complexity index is 603. The quantitative estimate of drug-likeness (QED) is 0.441. The summed E-state index contributed by atoms with van der Waals surface area (Å²) in [4.78, 5) is 28.4. The average molecular weight is 395 g/mol. The highest BCUT2D eigenvalue weighted by atomic mass is 35.7. The maximum Gasteiger partial charge on any atom is 0.352 e. The minimum absolute atomic E-state index is 0.0632. The van der Waals surface area contributed by atoms with Crippen LogP contribution in [-0.2, 0) is 9.59 Å². The number of aliphatic carboxylic acids is 1. The predicted octanol–water partition coefficient (Wildman–Crippen LogP) is -4.64. The summed E-state index contributed by atoms with van der Waals surface area (Å²) in [6, 6.07) is -0.240. The van der Waals surface area contributed by atoms with Crippen LogP contribution in [0.2, 0.25) is 0 Å². The van der Waals surface area contributed by atoms with Crippen molar-refractivity contribution in [1.82, 2.24) is 4.90 Å². The SMILES string of the molecule is CC1=C(C(=O)O)N2C(=O)C([NH+]=C3CCCCC3)[C@H]2SC1.[O-][Cl+3]([O-])([O-])[O-]. The van der Waals surface area contributed by atoms with Gasteiger partial charge in [0.15, 0.2) is 11.1 Å². The van der Waals surface area contributed by atoms with E-state index in [0.717, 1.165) is 18.4 Å². The van der Waals surface area contributed by atoms with E-state index in [9.17, 15) is 14.7 Å². The standard InChI is InChI=1S/C14H18N2O3S.ClHO4/c1-8-7-20-13-10(15-9-5-3-2-4-6-9)12(17)16(13)11(8)14(18)19;2-1(3,4)5/h10,13H,2-7H2,1H3,(H,18,19);(H,2,3,4,5)/t10?,13-;/m1./s1. The molecular weight excluding hydrogens is 376 g/mol. The molecule has 0 bridgehead atoms. The highest BCUT2D eigenvalue weighted by Crippen LogP contribution is 2.38. The van der Waals surface area contributed by atoms with Crippen LogP contribution in [0.25, 0.3) is 0 Å². The fraction of sp³-hybridized carbons (Fsp3) is 0.643. The van der Waals surface area contributed by atoms with Crippen LogP contribution < -0.4 is 23.6 Å². The van der Waals surface area contributed by atoms with E-state index in [4.69, 9.17) is 18.6 Å². The number of fused-ring (bicyclic) bond motifs is 1. The van der Waals surface area contributed by atoms with E-state index in [1.54, 1.807) is 18.7 Å². The van der Waals surface area contributed by atoms with Crippen molar-refractivity contribution in [3.05, 3.63) is 11.3 Å². The van der Waals surface area contributed by atoms with Crippen molar-refractivity contribution in [3.63, 3.8) is 0 Å². The summed E-state index contributed by atoms with van der Waals surface area (Å²) >= 11 is 1.65. The van der Waals surface area contributed by atoms with Crippen LogP contribution in [0.5, 0.6) is 0 Å². The monoisotopic (exact) mass is 394 g/mol. The lowest BCUT2D eigenvalue weighted by atomic mass is 9.97. The highest BCUT2D eigenvalue weighted by Gasteiger charge is 2.57. The summed E-state index contributed by atoms with van der Waals surface area (Å²) in [6.07, 6.45) is 5.72. The number of nitrogens with zero attached hydrogens (tertiary/aromatic N) is 1. The third-order valence-electron chi connectivity index (χ3n) is 4.18. The summed E-state index contributed by atoms with van der Waals surface area (Å²) in [5.74, 6) is -0.411. The zero-order valence-electron chi connectivity index (χ0n) is 13.5. The Morgan fingerprint density at radius 2 is 1.80 bits per heavy atom. The van der Waals surface area contributed by atoms with Gasteiger partial charge in [-0.3, -0.25) is 9.69 Å². The molecule has 9 nitrogen and oxygen atoms in total. The number of β-lactam (4-membered cyclic amide) rings is 1. The molecule has 0 aromatic carbocycles. The molecule has 2 N–H and O–H groups in total. The van der Waals surface area contributed by atoms with Crippen molar-refractivity contribution in [1.29, 1.82) is 0 Å². The zero-order valence-corrected chi connectivity index (χ0v) is 15.1. The summed E-state index contributed by atoms with van der Waals surface area (Å²) in [5, 5.41) is 9.21. The van der Waals surface area contributed by atoms with Gasteiger partial charge >= 0.3 is 5.97 Å². The molecule has 0 aromatic rings. The molecule has 1 amide bonds. The normalized spacial score (nSPS) is 26.4. The molecule has 0 radical (unpaired) electrons. The lowest BCUT2D eigenvalue weighted by Gasteiger charge is -2.44. The van der Waals surface area contributed by atoms with Crippen LogP contribution in [0.1, 0.15) is 39.0 Å². The maximum atomic E-state index is 12.3. The third-order valence-corrected chi connectivity index (χ3v) is 5.60. The molecule has 1 aliphatic carbocycles. The minimum Gasteiger partial charge on any atom is -0.477 e. The van der Waals surface area contributed by atoms with E-state index in [2.05, 4.69) is 4.99 Å². The first-order valence-electron chi connectivity index (χ1n) is 7.70. The fourth-order valence-electron chi connectivity index (χ4n) is 3.12. The van der Waals surface area contributed by atoms with Gasteiger partial charge in [0, 0.05) is 18.6 Å². The first-order valence-corrected chi connectivity index (χ1v) is 9.98. The number of halogens is 1. The van der Waals surface area contributed by atoms with E-state index < -0.39 is 16.2 Å². The smallest absolute Gasteiger partial charge is 0.352 e. The van der Waals surface area contributed by atoms with E-state index in [0.29, 0.717) is 5.75 Å². The Morgan fingerprint density at radius 3 is 2.32 bits per heavy atom. The molecule has 2 atom stereocenters. The van der Waals surface area contributed by atoms with Crippen LogP contribution in [0.15, 0.2) is 11.3 Å². The highest BCUT2D eigenvalue weighted by molar-refractivity contribution is 8.00. The Balaban J connectivity index is 0.000000399. The lowest BCUT2D eigenvalue weighted by molar-refractivity contribution is -2.00. The van der Waals surface area contributed by atoms with Crippen LogP contribution in [0.3, 0.4) is 0 Å². The van der Waals surface area contributed by atoms with Crippen molar-refractivity contribution >= 4 is 29.4 Å². The average Bonchev–Trinajstić information content (AvgIpc) is 2.51. The van der Waals surface area contributed by atoms with Crippen molar-refractivity contribution < 1.29 is 48.6 Å². The number of thioether (sulfide) groups is 1. The molecule has 3 aliphatic rings. The molecule has 11 heteroatoms. The molecule has 1 saturated heterocycles. The van der Waals surface area contributed by atoms with Crippen molar-refractivity contribution in [2.45, 2.75) is 50.4 Å². The number of nitrogens with one attached hydrogen (secondary N) is 1. The Labute approximate surface area is 150 Å². The molecule has 2 heterocycles. The molecule has 1 unspecified atom stereocenters. The van der Waals surface area contributed by atoms with Gasteiger partial charge < -0.3 is 5.11 Å². The summed E-state index contributed by atoms with van der Waals surface area (Å²) in [6.45, 7) is 1.79. The van der Waals surface area contributed by atoms with Gasteiger partial charge in [-0.25, -0.2) is 28.4 Å².